The minimum absolute atomic E-state index is 0.0396. The van der Waals surface area contributed by atoms with Crippen LogP contribution in [0.15, 0.2) is 32.6 Å². The first-order chi connectivity index (χ1) is 13.9. The molecule has 0 atom stereocenters. The molecule has 0 radical (unpaired) electrons. The van der Waals surface area contributed by atoms with Crippen LogP contribution in [0, 0.1) is 12.7 Å². The highest BCUT2D eigenvalue weighted by atomic mass is 32.1. The minimum atomic E-state index is -0.720. The number of anilines is 1. The van der Waals surface area contributed by atoms with Crippen LogP contribution in [0.1, 0.15) is 37.4 Å². The van der Waals surface area contributed by atoms with Crippen molar-refractivity contribution < 1.29 is 18.5 Å². The molecule has 3 heterocycles. The van der Waals surface area contributed by atoms with Gasteiger partial charge < -0.3 is 4.52 Å². The Labute approximate surface area is 167 Å². The van der Waals surface area contributed by atoms with Crippen LogP contribution in [0.3, 0.4) is 0 Å². The quantitative estimate of drug-likeness (QED) is 0.611. The van der Waals surface area contributed by atoms with Gasteiger partial charge in [0.05, 0.1) is 22.4 Å². The molecule has 2 aliphatic rings. The summed E-state index contributed by atoms with van der Waals surface area (Å²) in [6, 6.07) is 2.57. The van der Waals surface area contributed by atoms with Crippen molar-refractivity contribution in [1.82, 2.24) is 14.7 Å². The van der Waals surface area contributed by atoms with Gasteiger partial charge in [0.15, 0.2) is 5.82 Å². The number of hydrogen-bond donors (Lipinski definition) is 0. The molecule has 10 heteroatoms. The maximum Gasteiger partial charge on any atom is 0.308 e. The van der Waals surface area contributed by atoms with E-state index in [9.17, 15) is 18.8 Å². The summed E-state index contributed by atoms with van der Waals surface area (Å²) in [5.41, 5.74) is 1.22. The second kappa shape index (κ2) is 6.45. The number of aromatic nitrogens is 3. The van der Waals surface area contributed by atoms with Crippen LogP contribution >= 0.6 is 11.3 Å². The minimum Gasteiger partial charge on any atom is -0.340 e. The Morgan fingerprint density at radius 3 is 2.45 bits per heavy atom. The van der Waals surface area contributed by atoms with Crippen LogP contribution in [-0.4, -0.2) is 26.5 Å². The van der Waals surface area contributed by atoms with E-state index in [1.165, 1.54) is 16.7 Å². The van der Waals surface area contributed by atoms with Gasteiger partial charge in [-0.05, 0) is 37.8 Å². The van der Waals surface area contributed by atoms with Gasteiger partial charge in [0.1, 0.15) is 5.82 Å². The summed E-state index contributed by atoms with van der Waals surface area (Å²) in [7, 11) is 0. The van der Waals surface area contributed by atoms with Crippen molar-refractivity contribution in [3.05, 3.63) is 50.5 Å². The largest absolute Gasteiger partial charge is 0.340 e. The third-order valence-electron chi connectivity index (χ3n) is 5.24. The average Bonchev–Trinajstić information content (AvgIpc) is 3.32. The molecule has 148 valence electrons. The van der Waals surface area contributed by atoms with Crippen LogP contribution in [-0.2, 0) is 16.1 Å². The third kappa shape index (κ3) is 2.74. The standard InChI is InChI=1S/C19H15FN4O4S/c1-9-21-16(22-28-9)8-23-14-7-13(12(20)6-15(14)29-19(23)27)24-17(25)10-4-2-3-5-11(10)18(24)26/h6-7H,2-5,8H2,1H3. The van der Waals surface area contributed by atoms with E-state index in [2.05, 4.69) is 10.1 Å². The number of hydrogen-bond acceptors (Lipinski definition) is 7. The normalized spacial score (nSPS) is 17.0. The Morgan fingerprint density at radius 1 is 1.14 bits per heavy atom. The molecular weight excluding hydrogens is 399 g/mol. The monoisotopic (exact) mass is 414 g/mol. The first-order valence-corrected chi connectivity index (χ1v) is 9.98. The molecule has 0 saturated heterocycles. The second-order valence-electron chi connectivity index (χ2n) is 7.07. The number of amides is 2. The van der Waals surface area contributed by atoms with Gasteiger partial charge in [-0.3, -0.25) is 19.0 Å². The summed E-state index contributed by atoms with van der Waals surface area (Å²) in [6.07, 6.45) is 2.73. The number of carbonyl (C=O) groups is 2. The summed E-state index contributed by atoms with van der Waals surface area (Å²) in [5.74, 6) is -0.991. The highest BCUT2D eigenvalue weighted by Gasteiger charge is 2.41. The molecule has 2 amide bonds. The number of nitrogens with zero attached hydrogens (tertiary/aromatic N) is 4. The Balaban J connectivity index is 1.61. The van der Waals surface area contributed by atoms with E-state index in [0.29, 0.717) is 45.9 Å². The van der Waals surface area contributed by atoms with Crippen molar-refractivity contribution in [3.8, 4) is 0 Å². The second-order valence-corrected chi connectivity index (χ2v) is 8.06. The van der Waals surface area contributed by atoms with Gasteiger partial charge in [0.25, 0.3) is 11.8 Å². The molecule has 1 aromatic carbocycles. The van der Waals surface area contributed by atoms with Crippen molar-refractivity contribution in [2.45, 2.75) is 39.2 Å². The number of rotatable bonds is 3. The molecule has 0 spiro atoms. The van der Waals surface area contributed by atoms with Gasteiger partial charge in [-0.25, -0.2) is 9.29 Å². The molecule has 1 aliphatic carbocycles. The lowest BCUT2D eigenvalue weighted by Crippen LogP contribution is -2.32. The van der Waals surface area contributed by atoms with Gasteiger partial charge in [0, 0.05) is 18.1 Å². The molecule has 0 bridgehead atoms. The summed E-state index contributed by atoms with van der Waals surface area (Å²) < 4.78 is 21.6. The molecule has 2 aromatic heterocycles. The van der Waals surface area contributed by atoms with Crippen LogP contribution in [0.4, 0.5) is 10.1 Å². The number of aryl methyl sites for hydroxylation is 1. The molecule has 0 N–H and O–H groups in total. The predicted octanol–water partition coefficient (Wildman–Crippen LogP) is 2.69. The van der Waals surface area contributed by atoms with E-state index in [0.717, 1.165) is 29.1 Å². The molecule has 29 heavy (non-hydrogen) atoms. The summed E-state index contributed by atoms with van der Waals surface area (Å²) >= 11 is 0.874. The third-order valence-corrected chi connectivity index (χ3v) is 6.18. The highest BCUT2D eigenvalue weighted by molar-refractivity contribution is 7.16. The molecule has 8 nitrogen and oxygen atoms in total. The number of thiazole rings is 1. The van der Waals surface area contributed by atoms with Crippen LogP contribution in [0.25, 0.3) is 10.2 Å². The van der Waals surface area contributed by atoms with E-state index in [1.807, 2.05) is 0 Å². The van der Waals surface area contributed by atoms with Crippen molar-refractivity contribution in [2.75, 3.05) is 4.90 Å². The molecule has 0 unspecified atom stereocenters. The number of imide groups is 1. The van der Waals surface area contributed by atoms with Crippen LogP contribution < -0.4 is 9.77 Å². The van der Waals surface area contributed by atoms with Crippen LogP contribution in [0.5, 0.6) is 0 Å². The van der Waals surface area contributed by atoms with Crippen molar-refractivity contribution in [2.24, 2.45) is 0 Å². The molecule has 1 aliphatic heterocycles. The molecule has 0 fully saturated rings. The van der Waals surface area contributed by atoms with E-state index in [1.54, 1.807) is 6.92 Å². The Morgan fingerprint density at radius 2 is 1.83 bits per heavy atom. The van der Waals surface area contributed by atoms with Crippen molar-refractivity contribution >= 4 is 39.1 Å². The Kier molecular flexibility index (Phi) is 3.98. The summed E-state index contributed by atoms with van der Waals surface area (Å²) in [6.45, 7) is 1.68. The summed E-state index contributed by atoms with van der Waals surface area (Å²) in [4.78, 5) is 42.7. The lowest BCUT2D eigenvalue weighted by Gasteiger charge is -2.16. The highest BCUT2D eigenvalue weighted by Crippen LogP contribution is 2.38. The maximum atomic E-state index is 14.9. The van der Waals surface area contributed by atoms with Gasteiger partial charge in [-0.15, -0.1) is 0 Å². The van der Waals surface area contributed by atoms with E-state index >= 15 is 0 Å². The zero-order chi connectivity index (χ0) is 20.3. The van der Waals surface area contributed by atoms with Gasteiger partial charge in [0.2, 0.25) is 5.89 Å². The smallest absolute Gasteiger partial charge is 0.308 e. The van der Waals surface area contributed by atoms with E-state index in [4.69, 9.17) is 4.52 Å². The van der Waals surface area contributed by atoms with Gasteiger partial charge in [-0.1, -0.05) is 16.5 Å². The first-order valence-electron chi connectivity index (χ1n) is 9.17. The topological polar surface area (TPSA) is 98.3 Å². The number of halogens is 1. The Bertz CT molecular complexity index is 1260. The number of carbonyl (C=O) groups excluding carboxylic acids is 2. The SMILES string of the molecule is Cc1nc(Cn2c(=O)sc3cc(F)c(N4C(=O)C5=C(CCCC5)C4=O)cc32)no1. The van der Waals surface area contributed by atoms with Crippen molar-refractivity contribution in [1.29, 1.82) is 0 Å². The van der Waals surface area contributed by atoms with Gasteiger partial charge in [-0.2, -0.15) is 4.98 Å². The maximum absolute atomic E-state index is 14.9. The van der Waals surface area contributed by atoms with Crippen LogP contribution in [0.2, 0.25) is 0 Å². The lowest BCUT2D eigenvalue weighted by atomic mass is 9.93. The predicted molar refractivity (Wildman–Crippen MR) is 102 cm³/mol. The Hall–Kier alpha value is -3.14. The van der Waals surface area contributed by atoms with E-state index in [-0.39, 0.29) is 17.1 Å². The summed E-state index contributed by atoms with van der Waals surface area (Å²) in [5, 5.41) is 3.79. The molecular formula is C19H15FN4O4S. The molecule has 3 aromatic rings. The van der Waals surface area contributed by atoms with Gasteiger partial charge >= 0.3 is 4.87 Å². The molecule has 0 saturated carbocycles. The first kappa shape index (κ1) is 17.9. The zero-order valence-electron chi connectivity index (χ0n) is 15.4. The lowest BCUT2D eigenvalue weighted by molar-refractivity contribution is -0.120. The van der Waals surface area contributed by atoms with E-state index < -0.39 is 17.6 Å². The number of benzene rings is 1. The zero-order valence-corrected chi connectivity index (χ0v) is 16.2. The fraction of sp³-hybridized carbons (Fsp3) is 0.316. The average molecular weight is 414 g/mol. The fourth-order valence-corrected chi connectivity index (χ4v) is 4.80. The van der Waals surface area contributed by atoms with Crippen molar-refractivity contribution in [3.63, 3.8) is 0 Å². The number of fused-ring (bicyclic) bond motifs is 1. The fourth-order valence-electron chi connectivity index (χ4n) is 3.90. The molecule has 5 rings (SSSR count).